The van der Waals surface area contributed by atoms with Gasteiger partial charge in [-0.3, -0.25) is 4.68 Å². The summed E-state index contributed by atoms with van der Waals surface area (Å²) in [6.45, 7) is 0.486. The van der Waals surface area contributed by atoms with Crippen molar-refractivity contribution >= 4 is 22.9 Å². The highest BCUT2D eigenvalue weighted by Crippen LogP contribution is 2.19. The number of hydrogen-bond donors (Lipinski definition) is 2. The second-order valence-electron chi connectivity index (χ2n) is 3.86. The molecule has 1 aromatic carbocycles. The summed E-state index contributed by atoms with van der Waals surface area (Å²) in [6.07, 6.45) is 1.84. The normalized spacial score (nSPS) is 10.3. The van der Waals surface area contributed by atoms with E-state index < -0.39 is 5.82 Å². The molecule has 0 saturated heterocycles. The van der Waals surface area contributed by atoms with Crippen molar-refractivity contribution in [3.05, 3.63) is 47.5 Å². The van der Waals surface area contributed by atoms with Crippen LogP contribution < -0.4 is 11.1 Å². The molecule has 1 heterocycles. The van der Waals surface area contributed by atoms with E-state index in [9.17, 15) is 4.39 Å². The van der Waals surface area contributed by atoms with Crippen molar-refractivity contribution in [3.8, 4) is 0 Å². The van der Waals surface area contributed by atoms with E-state index in [2.05, 4.69) is 10.4 Å². The van der Waals surface area contributed by atoms with Crippen molar-refractivity contribution in [2.75, 3.05) is 5.32 Å². The van der Waals surface area contributed by atoms with Gasteiger partial charge in [0.25, 0.3) is 0 Å². The highest BCUT2D eigenvalue weighted by atomic mass is 32.1. The third-order valence-electron chi connectivity index (χ3n) is 2.49. The fourth-order valence-electron chi connectivity index (χ4n) is 1.67. The van der Waals surface area contributed by atoms with E-state index in [1.54, 1.807) is 16.8 Å². The Hall–Kier alpha value is -1.95. The summed E-state index contributed by atoms with van der Waals surface area (Å²) >= 11 is 4.85. The van der Waals surface area contributed by atoms with Gasteiger partial charge in [-0.2, -0.15) is 5.10 Å². The van der Waals surface area contributed by atoms with Crippen molar-refractivity contribution in [1.82, 2.24) is 9.78 Å². The van der Waals surface area contributed by atoms with Crippen LogP contribution in [0.15, 0.2) is 30.5 Å². The van der Waals surface area contributed by atoms with E-state index in [1.807, 2.05) is 19.3 Å². The maximum Gasteiger partial charge on any atom is 0.135 e. The van der Waals surface area contributed by atoms with Gasteiger partial charge in [-0.1, -0.05) is 18.3 Å². The van der Waals surface area contributed by atoms with E-state index in [0.717, 1.165) is 5.69 Å². The summed E-state index contributed by atoms with van der Waals surface area (Å²) in [7, 11) is 1.84. The summed E-state index contributed by atoms with van der Waals surface area (Å²) in [5.41, 5.74) is 7.19. The molecule has 0 aliphatic carbocycles. The molecule has 0 aliphatic rings. The van der Waals surface area contributed by atoms with Gasteiger partial charge >= 0.3 is 0 Å². The molecule has 94 valence electrons. The molecule has 3 N–H and O–H groups in total. The molecule has 1 aromatic heterocycles. The lowest BCUT2D eigenvalue weighted by Gasteiger charge is -2.10. The lowest BCUT2D eigenvalue weighted by molar-refractivity contribution is 0.626. The Labute approximate surface area is 110 Å². The maximum absolute atomic E-state index is 13.6. The number of aryl methyl sites for hydroxylation is 1. The highest BCUT2D eigenvalue weighted by molar-refractivity contribution is 7.80. The Balaban J connectivity index is 2.19. The van der Waals surface area contributed by atoms with Crippen LogP contribution in [0.5, 0.6) is 0 Å². The van der Waals surface area contributed by atoms with Gasteiger partial charge in [-0.05, 0) is 18.2 Å². The summed E-state index contributed by atoms with van der Waals surface area (Å²) < 4.78 is 15.3. The Morgan fingerprint density at radius 2 is 2.28 bits per heavy atom. The molecule has 0 spiro atoms. The molecule has 6 heteroatoms. The minimum atomic E-state index is -0.423. The molecule has 2 aromatic rings. The molecule has 0 aliphatic heterocycles. The minimum absolute atomic E-state index is 0.0385. The molecule has 0 saturated carbocycles. The van der Waals surface area contributed by atoms with Crippen LogP contribution in [0, 0.1) is 5.82 Å². The summed E-state index contributed by atoms with van der Waals surface area (Å²) in [5.74, 6) is -0.423. The fraction of sp³-hybridized carbons (Fsp3) is 0.167. The quantitative estimate of drug-likeness (QED) is 0.827. The van der Waals surface area contributed by atoms with Crippen molar-refractivity contribution in [1.29, 1.82) is 0 Å². The van der Waals surface area contributed by atoms with Gasteiger partial charge in [0.05, 0.1) is 17.8 Å². The van der Waals surface area contributed by atoms with Crippen LogP contribution in [0.2, 0.25) is 0 Å². The third kappa shape index (κ3) is 2.65. The number of nitrogens with zero attached hydrogens (tertiary/aromatic N) is 2. The highest BCUT2D eigenvalue weighted by Gasteiger charge is 2.10. The van der Waals surface area contributed by atoms with Gasteiger partial charge in [0.1, 0.15) is 10.8 Å². The first kappa shape index (κ1) is 12.5. The lowest BCUT2D eigenvalue weighted by atomic mass is 10.1. The Bertz CT molecular complexity index is 579. The zero-order chi connectivity index (χ0) is 13.1. The number of nitrogens with two attached hydrogens (primary N) is 1. The molecular weight excluding hydrogens is 251 g/mol. The summed E-state index contributed by atoms with van der Waals surface area (Å²) in [4.78, 5) is 0.0385. The number of aromatic nitrogens is 2. The number of halogens is 1. The van der Waals surface area contributed by atoms with Gasteiger partial charge in [0.2, 0.25) is 0 Å². The SMILES string of the molecule is Cn1ccc(CNc2cccc(F)c2C(N)=S)n1. The number of anilines is 1. The van der Waals surface area contributed by atoms with Crippen LogP contribution in [0.4, 0.5) is 10.1 Å². The minimum Gasteiger partial charge on any atom is -0.389 e. The smallest absolute Gasteiger partial charge is 0.135 e. The van der Waals surface area contributed by atoms with Crippen LogP contribution in [0.1, 0.15) is 11.3 Å². The first-order valence-electron chi connectivity index (χ1n) is 5.38. The predicted molar refractivity (Wildman–Crippen MR) is 72.8 cm³/mol. The molecule has 4 nitrogen and oxygen atoms in total. The van der Waals surface area contributed by atoms with E-state index in [0.29, 0.717) is 12.2 Å². The first-order valence-corrected chi connectivity index (χ1v) is 5.79. The number of nitrogens with one attached hydrogen (secondary N) is 1. The average Bonchev–Trinajstić information content (AvgIpc) is 2.72. The molecule has 0 unspecified atom stereocenters. The zero-order valence-electron chi connectivity index (χ0n) is 9.85. The van der Waals surface area contributed by atoms with Crippen LogP contribution in [0.25, 0.3) is 0 Å². The van der Waals surface area contributed by atoms with Crippen LogP contribution in [0.3, 0.4) is 0 Å². The molecule has 0 fully saturated rings. The zero-order valence-corrected chi connectivity index (χ0v) is 10.7. The molecule has 0 radical (unpaired) electrons. The van der Waals surface area contributed by atoms with Crippen molar-refractivity contribution < 1.29 is 4.39 Å². The molecule has 18 heavy (non-hydrogen) atoms. The molecule has 2 rings (SSSR count). The fourth-order valence-corrected chi connectivity index (χ4v) is 1.87. The van der Waals surface area contributed by atoms with Gasteiger partial charge in [0.15, 0.2) is 0 Å². The Kier molecular flexibility index (Phi) is 3.57. The van der Waals surface area contributed by atoms with Gasteiger partial charge in [-0.25, -0.2) is 4.39 Å². The van der Waals surface area contributed by atoms with E-state index >= 15 is 0 Å². The summed E-state index contributed by atoms with van der Waals surface area (Å²) in [5, 5.41) is 7.30. The maximum atomic E-state index is 13.6. The number of hydrogen-bond acceptors (Lipinski definition) is 3. The monoisotopic (exact) mass is 264 g/mol. The van der Waals surface area contributed by atoms with E-state index in [-0.39, 0.29) is 10.6 Å². The largest absolute Gasteiger partial charge is 0.389 e. The van der Waals surface area contributed by atoms with Gasteiger partial charge < -0.3 is 11.1 Å². The molecule has 0 amide bonds. The van der Waals surface area contributed by atoms with Gasteiger partial charge in [-0.15, -0.1) is 0 Å². The first-order chi connectivity index (χ1) is 8.58. The summed E-state index contributed by atoms with van der Waals surface area (Å²) in [6, 6.07) is 6.56. The molecule has 0 atom stereocenters. The molecule has 0 bridgehead atoms. The van der Waals surface area contributed by atoms with Gasteiger partial charge in [0, 0.05) is 18.9 Å². The standard InChI is InChI=1S/C12H13FN4S/c1-17-6-5-8(16-17)7-15-10-4-2-3-9(13)11(10)12(14)18/h2-6,15H,7H2,1H3,(H2,14,18). The van der Waals surface area contributed by atoms with E-state index in [1.165, 1.54) is 6.07 Å². The van der Waals surface area contributed by atoms with Crippen molar-refractivity contribution in [3.63, 3.8) is 0 Å². The van der Waals surface area contributed by atoms with Crippen molar-refractivity contribution in [2.24, 2.45) is 12.8 Å². The van der Waals surface area contributed by atoms with Crippen molar-refractivity contribution in [2.45, 2.75) is 6.54 Å². The Morgan fingerprint density at radius 1 is 1.50 bits per heavy atom. The molecular formula is C12H13FN4S. The topological polar surface area (TPSA) is 55.9 Å². The second-order valence-corrected chi connectivity index (χ2v) is 4.30. The van der Waals surface area contributed by atoms with Crippen LogP contribution >= 0.6 is 12.2 Å². The lowest BCUT2D eigenvalue weighted by Crippen LogP contribution is -2.15. The van der Waals surface area contributed by atoms with Crippen LogP contribution in [-0.2, 0) is 13.6 Å². The second kappa shape index (κ2) is 5.14. The number of benzene rings is 1. The Morgan fingerprint density at radius 3 is 2.89 bits per heavy atom. The van der Waals surface area contributed by atoms with Crippen LogP contribution in [-0.4, -0.2) is 14.8 Å². The third-order valence-corrected chi connectivity index (χ3v) is 2.69. The average molecular weight is 264 g/mol. The number of thiocarbonyl (C=S) groups is 1. The predicted octanol–water partition coefficient (Wildman–Crippen LogP) is 1.81. The van der Waals surface area contributed by atoms with E-state index in [4.69, 9.17) is 18.0 Å². The number of rotatable bonds is 4.